The molecule has 96 valence electrons. The van der Waals surface area contributed by atoms with Gasteiger partial charge in [0.1, 0.15) is 5.82 Å². The van der Waals surface area contributed by atoms with Crippen molar-refractivity contribution in [1.82, 2.24) is 4.98 Å². The Balaban J connectivity index is 2.01. The summed E-state index contributed by atoms with van der Waals surface area (Å²) in [6.45, 7) is 2.07. The van der Waals surface area contributed by atoms with Crippen molar-refractivity contribution < 1.29 is 9.50 Å². The first-order valence-corrected chi connectivity index (χ1v) is 6.75. The molecule has 0 radical (unpaired) electrons. The largest absolute Gasteiger partial charge is 0.396 e. The third kappa shape index (κ3) is 3.62. The highest BCUT2D eigenvalue weighted by Crippen LogP contribution is 2.19. The van der Waals surface area contributed by atoms with E-state index in [1.165, 1.54) is 17.0 Å². The molecule has 0 amide bonds. The normalized spacial score (nSPS) is 12.6. The summed E-state index contributed by atoms with van der Waals surface area (Å²) in [6, 6.07) is 6.56. The highest BCUT2D eigenvalue weighted by Gasteiger charge is 2.12. The van der Waals surface area contributed by atoms with E-state index in [1.807, 2.05) is 19.2 Å². The summed E-state index contributed by atoms with van der Waals surface area (Å²) in [7, 11) is 0. The molecule has 18 heavy (non-hydrogen) atoms. The predicted octanol–water partition coefficient (Wildman–Crippen LogP) is 2.98. The van der Waals surface area contributed by atoms with E-state index in [-0.39, 0.29) is 18.3 Å². The lowest BCUT2D eigenvalue weighted by Gasteiger charge is -2.12. The number of thiazole rings is 1. The number of aromatic nitrogens is 1. The summed E-state index contributed by atoms with van der Waals surface area (Å²) < 4.78 is 13.1. The van der Waals surface area contributed by atoms with Crippen LogP contribution in [0.1, 0.15) is 15.4 Å². The zero-order valence-electron chi connectivity index (χ0n) is 10.3. The first-order valence-electron chi connectivity index (χ1n) is 5.94. The van der Waals surface area contributed by atoms with Gasteiger partial charge in [0.2, 0.25) is 0 Å². The molecule has 1 aromatic heterocycles. The van der Waals surface area contributed by atoms with E-state index in [2.05, 4.69) is 4.98 Å². The van der Waals surface area contributed by atoms with Crippen molar-refractivity contribution in [3.63, 3.8) is 0 Å². The number of halogens is 1. The molecule has 0 fully saturated rings. The van der Waals surface area contributed by atoms with E-state index in [4.69, 9.17) is 0 Å². The predicted molar refractivity (Wildman–Crippen MR) is 71.2 cm³/mol. The summed E-state index contributed by atoms with van der Waals surface area (Å²) in [4.78, 5) is 5.37. The number of aliphatic hydroxyl groups excluding tert-OH is 1. The lowest BCUT2D eigenvalue weighted by atomic mass is 9.96. The average Bonchev–Trinajstić information content (AvgIpc) is 2.74. The van der Waals surface area contributed by atoms with Gasteiger partial charge in [-0.3, -0.25) is 0 Å². The fraction of sp³-hybridized carbons (Fsp3) is 0.357. The van der Waals surface area contributed by atoms with Crippen LogP contribution < -0.4 is 0 Å². The smallest absolute Gasteiger partial charge is 0.123 e. The lowest BCUT2D eigenvalue weighted by molar-refractivity contribution is 0.225. The SMILES string of the molecule is Cc1ncc(CC(CO)Cc2cccc(F)c2)s1. The van der Waals surface area contributed by atoms with E-state index in [1.54, 1.807) is 17.4 Å². The van der Waals surface area contributed by atoms with Crippen molar-refractivity contribution in [3.8, 4) is 0 Å². The number of hydrogen-bond acceptors (Lipinski definition) is 3. The Kier molecular flexibility index (Phi) is 4.44. The van der Waals surface area contributed by atoms with Gasteiger partial charge in [-0.2, -0.15) is 0 Å². The molecular weight excluding hydrogens is 249 g/mol. The molecular formula is C14H16FNOS. The number of hydrogen-bond donors (Lipinski definition) is 1. The highest BCUT2D eigenvalue weighted by molar-refractivity contribution is 7.11. The van der Waals surface area contributed by atoms with E-state index in [0.29, 0.717) is 6.42 Å². The molecule has 0 bridgehead atoms. The summed E-state index contributed by atoms with van der Waals surface area (Å²) >= 11 is 1.65. The van der Waals surface area contributed by atoms with Crippen LogP contribution in [0.2, 0.25) is 0 Å². The molecule has 0 aliphatic carbocycles. The zero-order chi connectivity index (χ0) is 13.0. The molecule has 0 spiro atoms. The number of aliphatic hydroxyl groups is 1. The Hall–Kier alpha value is -1.26. The van der Waals surface area contributed by atoms with Crippen LogP contribution in [0.5, 0.6) is 0 Å². The maximum atomic E-state index is 13.1. The Morgan fingerprint density at radius 2 is 2.22 bits per heavy atom. The molecule has 0 saturated carbocycles. The van der Waals surface area contributed by atoms with Gasteiger partial charge in [-0.25, -0.2) is 9.37 Å². The highest BCUT2D eigenvalue weighted by atomic mass is 32.1. The molecule has 1 N–H and O–H groups in total. The molecule has 4 heteroatoms. The van der Waals surface area contributed by atoms with E-state index in [0.717, 1.165) is 17.0 Å². The van der Waals surface area contributed by atoms with Gasteiger partial charge in [0.15, 0.2) is 0 Å². The topological polar surface area (TPSA) is 33.1 Å². The minimum absolute atomic E-state index is 0.105. The van der Waals surface area contributed by atoms with Crippen LogP contribution in [0, 0.1) is 18.7 Å². The van der Waals surface area contributed by atoms with E-state index in [9.17, 15) is 9.50 Å². The number of aryl methyl sites for hydroxylation is 1. The Bertz CT molecular complexity index is 512. The quantitative estimate of drug-likeness (QED) is 0.901. The number of rotatable bonds is 5. The van der Waals surface area contributed by atoms with Gasteiger partial charge in [-0.15, -0.1) is 11.3 Å². The Morgan fingerprint density at radius 1 is 1.39 bits per heavy atom. The van der Waals surface area contributed by atoms with E-state index < -0.39 is 0 Å². The molecule has 0 aliphatic rings. The Morgan fingerprint density at radius 3 is 2.83 bits per heavy atom. The monoisotopic (exact) mass is 265 g/mol. The summed E-state index contributed by atoms with van der Waals surface area (Å²) in [5, 5.41) is 10.4. The minimum Gasteiger partial charge on any atom is -0.396 e. The van der Waals surface area contributed by atoms with Crippen molar-refractivity contribution in [2.45, 2.75) is 19.8 Å². The first kappa shape index (κ1) is 13.2. The Labute approximate surface area is 110 Å². The van der Waals surface area contributed by atoms with Crippen molar-refractivity contribution in [2.24, 2.45) is 5.92 Å². The molecule has 2 aromatic rings. The van der Waals surface area contributed by atoms with Crippen molar-refractivity contribution >= 4 is 11.3 Å². The van der Waals surface area contributed by atoms with Crippen LogP contribution in [0.4, 0.5) is 4.39 Å². The van der Waals surface area contributed by atoms with Gasteiger partial charge >= 0.3 is 0 Å². The van der Waals surface area contributed by atoms with Crippen LogP contribution in [-0.4, -0.2) is 16.7 Å². The van der Waals surface area contributed by atoms with Crippen LogP contribution in [0.3, 0.4) is 0 Å². The van der Waals surface area contributed by atoms with Gasteiger partial charge in [0, 0.05) is 17.7 Å². The third-order valence-electron chi connectivity index (χ3n) is 2.83. The maximum Gasteiger partial charge on any atom is 0.123 e. The second-order valence-corrected chi connectivity index (χ2v) is 5.75. The van der Waals surface area contributed by atoms with Crippen molar-refractivity contribution in [1.29, 1.82) is 0 Å². The molecule has 2 rings (SSSR count). The molecule has 1 atom stereocenters. The van der Waals surface area contributed by atoms with Crippen LogP contribution in [0.25, 0.3) is 0 Å². The lowest BCUT2D eigenvalue weighted by Crippen LogP contribution is -2.12. The summed E-state index contributed by atoms with van der Waals surface area (Å²) in [6.07, 6.45) is 3.33. The fourth-order valence-electron chi connectivity index (χ4n) is 1.98. The minimum atomic E-state index is -0.224. The van der Waals surface area contributed by atoms with Gasteiger partial charge < -0.3 is 5.11 Å². The van der Waals surface area contributed by atoms with Crippen LogP contribution in [-0.2, 0) is 12.8 Å². The number of benzene rings is 1. The third-order valence-corrected chi connectivity index (χ3v) is 3.77. The molecule has 2 nitrogen and oxygen atoms in total. The van der Waals surface area contributed by atoms with Gasteiger partial charge in [-0.1, -0.05) is 12.1 Å². The molecule has 1 aromatic carbocycles. The molecule has 1 unspecified atom stereocenters. The second-order valence-electron chi connectivity index (χ2n) is 4.43. The molecule has 0 aliphatic heterocycles. The van der Waals surface area contributed by atoms with Crippen molar-refractivity contribution in [2.75, 3.05) is 6.61 Å². The van der Waals surface area contributed by atoms with Gasteiger partial charge in [0.25, 0.3) is 0 Å². The van der Waals surface area contributed by atoms with Crippen LogP contribution in [0.15, 0.2) is 30.5 Å². The van der Waals surface area contributed by atoms with Crippen LogP contribution >= 0.6 is 11.3 Å². The van der Waals surface area contributed by atoms with Gasteiger partial charge in [0.05, 0.1) is 5.01 Å². The first-order chi connectivity index (χ1) is 8.67. The summed E-state index contributed by atoms with van der Waals surface area (Å²) in [5.41, 5.74) is 0.926. The zero-order valence-corrected chi connectivity index (χ0v) is 11.1. The maximum absolute atomic E-state index is 13.1. The molecule has 0 saturated heterocycles. The summed E-state index contributed by atoms with van der Waals surface area (Å²) in [5.74, 6) is -0.107. The molecule has 1 heterocycles. The second kappa shape index (κ2) is 6.07. The average molecular weight is 265 g/mol. The number of nitrogens with zero attached hydrogens (tertiary/aromatic N) is 1. The van der Waals surface area contributed by atoms with Crippen molar-refractivity contribution in [3.05, 3.63) is 51.7 Å². The standard InChI is InChI=1S/C14H16FNOS/c1-10-16-8-14(18-10)7-12(9-17)5-11-3-2-4-13(15)6-11/h2-4,6,8,12,17H,5,7,9H2,1H3. The van der Waals surface area contributed by atoms with Gasteiger partial charge in [-0.05, 0) is 43.4 Å². The van der Waals surface area contributed by atoms with E-state index >= 15 is 0 Å². The fourth-order valence-corrected chi connectivity index (χ4v) is 2.89.